The number of nitrogens with zero attached hydrogens (tertiary/aromatic N) is 1. The molecule has 1 aromatic heterocycles. The molecule has 1 aromatic carbocycles. The molecule has 0 saturated carbocycles. The molecule has 0 atom stereocenters. The fourth-order valence-corrected chi connectivity index (χ4v) is 2.96. The summed E-state index contributed by atoms with van der Waals surface area (Å²) in [5.41, 5.74) is 3.57. The molecule has 2 aromatic rings. The number of hydrogen-bond donors (Lipinski definition) is 0. The lowest BCUT2D eigenvalue weighted by Crippen LogP contribution is -2.13. The summed E-state index contributed by atoms with van der Waals surface area (Å²) in [6.07, 6.45) is 5.24. The highest BCUT2D eigenvalue weighted by atomic mass is 16.5. The molecule has 0 fully saturated rings. The summed E-state index contributed by atoms with van der Waals surface area (Å²) in [5.74, 6) is 0.393. The Morgan fingerprint density at radius 1 is 1.31 bits per heavy atom. The minimum absolute atomic E-state index is 0.0663. The zero-order valence-corrected chi connectivity index (χ0v) is 15.8. The molecule has 26 heavy (non-hydrogen) atoms. The highest BCUT2D eigenvalue weighted by Gasteiger charge is 2.24. The van der Waals surface area contributed by atoms with Crippen molar-refractivity contribution in [2.75, 3.05) is 13.7 Å². The standard InChI is InChI=1S/C22H25NO3/c1-7-10-15(8-2)21-19(14(4)5)20(22(24)26-9-3)17-12-11-16(25-6)13-18(17)23-21/h7-8,10-14H,1-2,9H2,3-6H3/b15-10+. The Kier molecular flexibility index (Phi) is 6.34. The third-order valence-electron chi connectivity index (χ3n) is 4.08. The van der Waals surface area contributed by atoms with Gasteiger partial charge in [0.1, 0.15) is 5.75 Å². The quantitative estimate of drug-likeness (QED) is 0.502. The number of methoxy groups -OCH3 is 1. The van der Waals surface area contributed by atoms with Crippen molar-refractivity contribution >= 4 is 22.4 Å². The Bertz CT molecular complexity index is 879. The van der Waals surface area contributed by atoms with Gasteiger partial charge in [0.2, 0.25) is 0 Å². The van der Waals surface area contributed by atoms with Gasteiger partial charge < -0.3 is 9.47 Å². The maximum Gasteiger partial charge on any atom is 0.339 e. The Morgan fingerprint density at radius 2 is 2.04 bits per heavy atom. The number of carbonyl (C=O) groups is 1. The van der Waals surface area contributed by atoms with E-state index in [1.807, 2.05) is 38.1 Å². The van der Waals surface area contributed by atoms with Crippen LogP contribution in [-0.4, -0.2) is 24.7 Å². The van der Waals surface area contributed by atoms with Gasteiger partial charge in [-0.2, -0.15) is 0 Å². The third kappa shape index (κ3) is 3.69. The van der Waals surface area contributed by atoms with Crippen LogP contribution >= 0.6 is 0 Å². The molecule has 4 nitrogen and oxygen atoms in total. The second-order valence-corrected chi connectivity index (χ2v) is 6.07. The topological polar surface area (TPSA) is 48.4 Å². The maximum absolute atomic E-state index is 12.8. The number of esters is 1. The summed E-state index contributed by atoms with van der Waals surface area (Å²) in [6, 6.07) is 5.50. The van der Waals surface area contributed by atoms with Crippen molar-refractivity contribution < 1.29 is 14.3 Å². The summed E-state index contributed by atoms with van der Waals surface area (Å²) in [4.78, 5) is 17.6. The Labute approximate surface area is 154 Å². The SMILES string of the molecule is C=C/C=C(\C=C)c1nc2cc(OC)ccc2c(C(=O)OCC)c1C(C)C. The molecule has 0 unspecified atom stereocenters. The first-order valence-corrected chi connectivity index (χ1v) is 8.62. The first-order valence-electron chi connectivity index (χ1n) is 8.62. The zero-order valence-electron chi connectivity index (χ0n) is 15.8. The number of carbonyl (C=O) groups excluding carboxylic acids is 1. The minimum Gasteiger partial charge on any atom is -0.497 e. The van der Waals surface area contributed by atoms with Crippen molar-refractivity contribution in [2.45, 2.75) is 26.7 Å². The molecule has 0 spiro atoms. The maximum atomic E-state index is 12.8. The van der Waals surface area contributed by atoms with E-state index in [4.69, 9.17) is 14.5 Å². The van der Waals surface area contributed by atoms with Crippen LogP contribution < -0.4 is 4.74 Å². The normalized spacial score (nSPS) is 11.5. The van der Waals surface area contributed by atoms with Crippen molar-refractivity contribution in [1.82, 2.24) is 4.98 Å². The smallest absolute Gasteiger partial charge is 0.339 e. The number of benzene rings is 1. The van der Waals surface area contributed by atoms with Gasteiger partial charge in [0.05, 0.1) is 30.5 Å². The molecule has 136 valence electrons. The Morgan fingerprint density at radius 3 is 2.58 bits per heavy atom. The van der Waals surface area contributed by atoms with Crippen LogP contribution in [0.2, 0.25) is 0 Å². The van der Waals surface area contributed by atoms with Crippen molar-refractivity contribution in [2.24, 2.45) is 0 Å². The van der Waals surface area contributed by atoms with Gasteiger partial charge >= 0.3 is 5.97 Å². The van der Waals surface area contributed by atoms with Crippen molar-refractivity contribution in [3.05, 3.63) is 66.4 Å². The molecule has 0 aliphatic heterocycles. The second-order valence-electron chi connectivity index (χ2n) is 6.07. The van der Waals surface area contributed by atoms with Crippen LogP contribution in [0.15, 0.2) is 49.6 Å². The molecule has 1 heterocycles. The summed E-state index contributed by atoms with van der Waals surface area (Å²) >= 11 is 0. The molecule has 0 bridgehead atoms. The van der Waals surface area contributed by atoms with Crippen LogP contribution in [0.25, 0.3) is 16.5 Å². The monoisotopic (exact) mass is 351 g/mol. The molecule has 0 N–H and O–H groups in total. The van der Waals surface area contributed by atoms with Gasteiger partial charge in [0.25, 0.3) is 0 Å². The lowest BCUT2D eigenvalue weighted by molar-refractivity contribution is 0.0527. The van der Waals surface area contributed by atoms with Gasteiger partial charge in [-0.1, -0.05) is 45.2 Å². The van der Waals surface area contributed by atoms with E-state index in [9.17, 15) is 4.79 Å². The molecule has 2 rings (SSSR count). The number of rotatable bonds is 7. The molecule has 4 heteroatoms. The van der Waals surface area contributed by atoms with Gasteiger partial charge in [0.15, 0.2) is 0 Å². The van der Waals surface area contributed by atoms with E-state index in [0.717, 1.165) is 16.5 Å². The average Bonchev–Trinajstić information content (AvgIpc) is 2.63. The second kappa shape index (κ2) is 8.48. The predicted octanol–water partition coefficient (Wildman–Crippen LogP) is 5.30. The largest absolute Gasteiger partial charge is 0.497 e. The van der Waals surface area contributed by atoms with Crippen LogP contribution in [0.4, 0.5) is 0 Å². The molecule has 0 amide bonds. The van der Waals surface area contributed by atoms with Crippen molar-refractivity contribution in [1.29, 1.82) is 0 Å². The van der Waals surface area contributed by atoms with Crippen LogP contribution in [0.5, 0.6) is 5.75 Å². The van der Waals surface area contributed by atoms with Crippen LogP contribution in [0.1, 0.15) is 48.3 Å². The number of aromatic nitrogens is 1. The first-order chi connectivity index (χ1) is 12.5. The summed E-state index contributed by atoms with van der Waals surface area (Å²) in [7, 11) is 1.60. The Balaban J connectivity index is 2.99. The van der Waals surface area contributed by atoms with E-state index < -0.39 is 0 Å². The van der Waals surface area contributed by atoms with Gasteiger partial charge in [-0.3, -0.25) is 0 Å². The van der Waals surface area contributed by atoms with Gasteiger partial charge in [-0.15, -0.1) is 0 Å². The summed E-state index contributed by atoms with van der Waals surface area (Å²) < 4.78 is 10.7. The number of fused-ring (bicyclic) bond motifs is 1. The number of allylic oxidation sites excluding steroid dienone is 4. The van der Waals surface area contributed by atoms with Gasteiger partial charge in [-0.25, -0.2) is 9.78 Å². The summed E-state index contributed by atoms with van der Waals surface area (Å²) in [6.45, 7) is 13.8. The minimum atomic E-state index is -0.350. The number of ether oxygens (including phenoxy) is 2. The lowest BCUT2D eigenvalue weighted by atomic mass is 9.89. The van der Waals surface area contributed by atoms with Crippen LogP contribution in [0, 0.1) is 0 Å². The zero-order chi connectivity index (χ0) is 19.3. The fraction of sp³-hybridized carbons (Fsp3) is 0.273. The van der Waals surface area contributed by atoms with E-state index in [1.165, 1.54) is 0 Å². The van der Waals surface area contributed by atoms with E-state index >= 15 is 0 Å². The van der Waals surface area contributed by atoms with E-state index in [1.54, 1.807) is 26.2 Å². The van der Waals surface area contributed by atoms with Crippen LogP contribution in [-0.2, 0) is 4.74 Å². The average molecular weight is 351 g/mol. The summed E-state index contributed by atoms with van der Waals surface area (Å²) in [5, 5.41) is 0.749. The Hall–Kier alpha value is -2.88. The van der Waals surface area contributed by atoms with E-state index in [0.29, 0.717) is 29.1 Å². The molecular formula is C22H25NO3. The predicted molar refractivity (Wildman–Crippen MR) is 107 cm³/mol. The molecule has 0 aliphatic carbocycles. The van der Waals surface area contributed by atoms with Crippen molar-refractivity contribution in [3.8, 4) is 5.75 Å². The van der Waals surface area contributed by atoms with Gasteiger partial charge in [0, 0.05) is 11.5 Å². The van der Waals surface area contributed by atoms with Crippen molar-refractivity contribution in [3.63, 3.8) is 0 Å². The highest BCUT2D eigenvalue weighted by Crippen LogP contribution is 2.35. The number of pyridine rings is 1. The lowest BCUT2D eigenvalue weighted by Gasteiger charge is -2.19. The molecule has 0 saturated heterocycles. The van der Waals surface area contributed by atoms with E-state index in [-0.39, 0.29) is 11.9 Å². The molecule has 0 aliphatic rings. The van der Waals surface area contributed by atoms with Gasteiger partial charge in [-0.05, 0) is 36.1 Å². The highest BCUT2D eigenvalue weighted by molar-refractivity contribution is 6.06. The van der Waals surface area contributed by atoms with Crippen LogP contribution in [0.3, 0.4) is 0 Å². The first kappa shape index (κ1) is 19.4. The fourth-order valence-electron chi connectivity index (χ4n) is 2.96. The molecular weight excluding hydrogens is 326 g/mol. The third-order valence-corrected chi connectivity index (χ3v) is 4.08. The molecule has 0 radical (unpaired) electrons. The number of hydrogen-bond acceptors (Lipinski definition) is 4. The van der Waals surface area contributed by atoms with E-state index in [2.05, 4.69) is 13.2 Å².